The van der Waals surface area contributed by atoms with Crippen LogP contribution < -0.4 is 10.6 Å². The van der Waals surface area contributed by atoms with E-state index < -0.39 is 0 Å². The molecular weight excluding hydrogens is 301 g/mol. The minimum absolute atomic E-state index is 0.0323. The molecule has 0 aromatic heterocycles. The lowest BCUT2D eigenvalue weighted by molar-refractivity contribution is 0.249. The summed E-state index contributed by atoms with van der Waals surface area (Å²) < 4.78 is 14.4. The van der Waals surface area contributed by atoms with Crippen molar-refractivity contribution in [2.45, 2.75) is 25.9 Å². The van der Waals surface area contributed by atoms with Crippen molar-refractivity contribution in [1.29, 1.82) is 0 Å². The summed E-state index contributed by atoms with van der Waals surface area (Å²) in [5.41, 5.74) is 9.02. The standard InChI is InChI=1S/C20H26FN3/c1-16(22)14-18-8-5-9-19(21)20(18)24-12-10-23(11-13-24)15-17-6-3-2-4-7-17/h2-9,16H,10-15,22H2,1H3. The lowest BCUT2D eigenvalue weighted by atomic mass is 10.0. The van der Waals surface area contributed by atoms with Crippen molar-refractivity contribution < 1.29 is 4.39 Å². The van der Waals surface area contributed by atoms with Gasteiger partial charge >= 0.3 is 0 Å². The Kier molecular flexibility index (Phi) is 5.48. The molecule has 3 nitrogen and oxygen atoms in total. The summed E-state index contributed by atoms with van der Waals surface area (Å²) in [4.78, 5) is 4.60. The van der Waals surface area contributed by atoms with E-state index in [2.05, 4.69) is 34.1 Å². The molecule has 1 unspecified atom stereocenters. The van der Waals surface area contributed by atoms with Crippen LogP contribution in [0.4, 0.5) is 10.1 Å². The number of hydrogen-bond acceptors (Lipinski definition) is 3. The first kappa shape index (κ1) is 16.9. The molecular formula is C20H26FN3. The highest BCUT2D eigenvalue weighted by molar-refractivity contribution is 5.55. The second-order valence-corrected chi connectivity index (χ2v) is 6.68. The molecule has 0 amide bonds. The molecule has 2 aromatic rings. The number of nitrogens with two attached hydrogens (primary N) is 1. The van der Waals surface area contributed by atoms with Crippen LogP contribution in [0.2, 0.25) is 0 Å². The van der Waals surface area contributed by atoms with Crippen LogP contribution in [-0.4, -0.2) is 37.1 Å². The smallest absolute Gasteiger partial charge is 0.146 e. The number of halogens is 1. The van der Waals surface area contributed by atoms with E-state index in [-0.39, 0.29) is 11.9 Å². The fraction of sp³-hybridized carbons (Fsp3) is 0.400. The maximum absolute atomic E-state index is 14.4. The van der Waals surface area contributed by atoms with Crippen LogP contribution in [-0.2, 0) is 13.0 Å². The van der Waals surface area contributed by atoms with Crippen molar-refractivity contribution in [2.24, 2.45) is 5.73 Å². The first-order chi connectivity index (χ1) is 11.6. The Morgan fingerprint density at radius 2 is 1.71 bits per heavy atom. The van der Waals surface area contributed by atoms with E-state index in [1.807, 2.05) is 19.1 Å². The Morgan fingerprint density at radius 1 is 1.00 bits per heavy atom. The quantitative estimate of drug-likeness (QED) is 0.916. The van der Waals surface area contributed by atoms with Gasteiger partial charge in [-0.25, -0.2) is 4.39 Å². The molecule has 0 spiro atoms. The van der Waals surface area contributed by atoms with Crippen LogP contribution in [0, 0.1) is 5.82 Å². The summed E-state index contributed by atoms with van der Waals surface area (Å²) in [6.45, 7) is 6.51. The Labute approximate surface area is 143 Å². The molecule has 4 heteroatoms. The number of anilines is 1. The average Bonchev–Trinajstić information content (AvgIpc) is 2.57. The van der Waals surface area contributed by atoms with Crippen molar-refractivity contribution in [1.82, 2.24) is 4.90 Å². The predicted octanol–water partition coefficient (Wildman–Crippen LogP) is 3.04. The zero-order chi connectivity index (χ0) is 16.9. The average molecular weight is 327 g/mol. The Hall–Kier alpha value is -1.91. The van der Waals surface area contributed by atoms with Gasteiger partial charge in [-0.1, -0.05) is 42.5 Å². The van der Waals surface area contributed by atoms with E-state index in [1.165, 1.54) is 5.56 Å². The van der Waals surface area contributed by atoms with Crippen LogP contribution >= 0.6 is 0 Å². The molecule has 0 aliphatic carbocycles. The van der Waals surface area contributed by atoms with Gasteiger partial charge in [0.2, 0.25) is 0 Å². The van der Waals surface area contributed by atoms with Crippen LogP contribution in [0.15, 0.2) is 48.5 Å². The van der Waals surface area contributed by atoms with Crippen LogP contribution in [0.25, 0.3) is 0 Å². The molecule has 1 atom stereocenters. The van der Waals surface area contributed by atoms with E-state index in [0.717, 1.165) is 44.0 Å². The van der Waals surface area contributed by atoms with E-state index >= 15 is 0 Å². The van der Waals surface area contributed by atoms with Gasteiger partial charge in [0.1, 0.15) is 5.82 Å². The molecule has 1 aliphatic heterocycles. The Bertz CT molecular complexity index is 649. The molecule has 2 aromatic carbocycles. The van der Waals surface area contributed by atoms with Gasteiger partial charge < -0.3 is 10.6 Å². The van der Waals surface area contributed by atoms with Gasteiger partial charge in [-0.05, 0) is 30.5 Å². The van der Waals surface area contributed by atoms with Crippen molar-refractivity contribution in [3.8, 4) is 0 Å². The molecule has 3 rings (SSSR count). The molecule has 0 radical (unpaired) electrons. The van der Waals surface area contributed by atoms with Crippen LogP contribution in [0.1, 0.15) is 18.1 Å². The number of hydrogen-bond donors (Lipinski definition) is 1. The third-order valence-corrected chi connectivity index (χ3v) is 4.55. The number of para-hydroxylation sites is 1. The highest BCUT2D eigenvalue weighted by Gasteiger charge is 2.22. The highest BCUT2D eigenvalue weighted by Crippen LogP contribution is 2.27. The van der Waals surface area contributed by atoms with Crippen molar-refractivity contribution in [3.05, 3.63) is 65.5 Å². The molecule has 128 valence electrons. The van der Waals surface area contributed by atoms with Crippen LogP contribution in [0.5, 0.6) is 0 Å². The SMILES string of the molecule is CC(N)Cc1cccc(F)c1N1CCN(Cc2ccccc2)CC1. The normalized spacial score (nSPS) is 17.0. The van der Waals surface area contributed by atoms with E-state index in [4.69, 9.17) is 5.73 Å². The van der Waals surface area contributed by atoms with Gasteiger partial charge in [0.05, 0.1) is 5.69 Å². The van der Waals surface area contributed by atoms with Gasteiger partial charge in [0.25, 0.3) is 0 Å². The maximum Gasteiger partial charge on any atom is 0.146 e. The predicted molar refractivity (Wildman–Crippen MR) is 97.7 cm³/mol. The third kappa shape index (κ3) is 4.13. The zero-order valence-corrected chi connectivity index (χ0v) is 14.3. The summed E-state index contributed by atoms with van der Waals surface area (Å²) in [5, 5.41) is 0. The molecule has 0 bridgehead atoms. The van der Waals surface area contributed by atoms with E-state index in [9.17, 15) is 4.39 Å². The van der Waals surface area contributed by atoms with Crippen LogP contribution in [0.3, 0.4) is 0 Å². The van der Waals surface area contributed by atoms with Gasteiger partial charge in [0.15, 0.2) is 0 Å². The molecule has 1 heterocycles. The topological polar surface area (TPSA) is 32.5 Å². The first-order valence-corrected chi connectivity index (χ1v) is 8.67. The van der Waals surface area contributed by atoms with Crippen molar-refractivity contribution in [3.63, 3.8) is 0 Å². The largest absolute Gasteiger partial charge is 0.366 e. The summed E-state index contributed by atoms with van der Waals surface area (Å²) in [6, 6.07) is 15.9. The van der Waals surface area contributed by atoms with E-state index in [1.54, 1.807) is 12.1 Å². The summed E-state index contributed by atoms with van der Waals surface area (Å²) in [5.74, 6) is -0.135. The summed E-state index contributed by atoms with van der Waals surface area (Å²) >= 11 is 0. The first-order valence-electron chi connectivity index (χ1n) is 8.67. The highest BCUT2D eigenvalue weighted by atomic mass is 19.1. The number of piperazine rings is 1. The second-order valence-electron chi connectivity index (χ2n) is 6.68. The Balaban J connectivity index is 1.66. The van der Waals surface area contributed by atoms with Gasteiger partial charge in [0, 0.05) is 38.8 Å². The lowest BCUT2D eigenvalue weighted by Gasteiger charge is -2.37. The van der Waals surface area contributed by atoms with Crippen molar-refractivity contribution >= 4 is 5.69 Å². The minimum Gasteiger partial charge on any atom is -0.366 e. The fourth-order valence-corrected chi connectivity index (χ4v) is 3.40. The molecule has 1 aliphatic rings. The summed E-state index contributed by atoms with van der Waals surface area (Å²) in [6.07, 6.45) is 0.706. The van der Waals surface area contributed by atoms with Crippen molar-refractivity contribution in [2.75, 3.05) is 31.1 Å². The second kappa shape index (κ2) is 7.77. The maximum atomic E-state index is 14.4. The minimum atomic E-state index is -0.135. The van der Waals surface area contributed by atoms with Gasteiger partial charge in [-0.3, -0.25) is 4.90 Å². The molecule has 0 saturated carbocycles. The van der Waals surface area contributed by atoms with Gasteiger partial charge in [-0.2, -0.15) is 0 Å². The zero-order valence-electron chi connectivity index (χ0n) is 14.3. The van der Waals surface area contributed by atoms with Gasteiger partial charge in [-0.15, -0.1) is 0 Å². The molecule has 1 fully saturated rings. The fourth-order valence-electron chi connectivity index (χ4n) is 3.40. The lowest BCUT2D eigenvalue weighted by Crippen LogP contribution is -2.46. The summed E-state index contributed by atoms with van der Waals surface area (Å²) in [7, 11) is 0. The Morgan fingerprint density at radius 3 is 2.38 bits per heavy atom. The third-order valence-electron chi connectivity index (χ3n) is 4.55. The number of benzene rings is 2. The molecule has 1 saturated heterocycles. The van der Waals surface area contributed by atoms with E-state index in [0.29, 0.717) is 6.42 Å². The molecule has 2 N–H and O–H groups in total. The number of rotatable bonds is 5. The molecule has 24 heavy (non-hydrogen) atoms. The monoisotopic (exact) mass is 327 g/mol. The number of nitrogens with zero attached hydrogens (tertiary/aromatic N) is 2.